The van der Waals surface area contributed by atoms with Crippen LogP contribution in [0.3, 0.4) is 0 Å². The largest absolute Gasteiger partial charge is 0.410 e. The van der Waals surface area contributed by atoms with E-state index >= 15 is 0 Å². The summed E-state index contributed by atoms with van der Waals surface area (Å²) in [5, 5.41) is 9.47. The second kappa shape index (κ2) is 7.27. The molecular weight excluding hydrogens is 240 g/mol. The number of aliphatic hydroxyl groups is 1. The molecule has 0 aliphatic heterocycles. The number of hydrogen-bond donors (Lipinski definition) is 1. The van der Waals surface area contributed by atoms with Crippen LogP contribution in [0.4, 0.5) is 0 Å². The molecule has 0 aromatic heterocycles. The third kappa shape index (κ3) is 6.52. The van der Waals surface area contributed by atoms with E-state index in [1.807, 2.05) is 12.2 Å². The van der Waals surface area contributed by atoms with Crippen LogP contribution in [0.5, 0.6) is 0 Å². The van der Waals surface area contributed by atoms with Crippen molar-refractivity contribution in [2.45, 2.75) is 70.9 Å². The van der Waals surface area contributed by atoms with E-state index in [0.29, 0.717) is 6.42 Å². The van der Waals surface area contributed by atoms with Crippen molar-refractivity contribution in [1.82, 2.24) is 0 Å². The van der Waals surface area contributed by atoms with Crippen molar-refractivity contribution in [1.29, 1.82) is 0 Å². The van der Waals surface area contributed by atoms with Gasteiger partial charge in [0.05, 0.1) is 12.2 Å². The van der Waals surface area contributed by atoms with Gasteiger partial charge in [0.15, 0.2) is 8.32 Å². The molecule has 1 N–H and O–H groups in total. The van der Waals surface area contributed by atoms with Crippen LogP contribution in [0.1, 0.15) is 40.5 Å². The number of hydrogen-bond acceptors (Lipinski definition) is 2. The molecule has 0 spiro atoms. The summed E-state index contributed by atoms with van der Waals surface area (Å²) >= 11 is 0. The molecule has 0 heterocycles. The van der Waals surface area contributed by atoms with E-state index in [0.717, 1.165) is 6.42 Å². The van der Waals surface area contributed by atoms with Gasteiger partial charge in [-0.05, 0) is 37.9 Å². The maximum atomic E-state index is 9.25. The summed E-state index contributed by atoms with van der Waals surface area (Å²) in [5.41, 5.74) is 0. The second-order valence-electron chi connectivity index (χ2n) is 6.45. The zero-order valence-corrected chi connectivity index (χ0v) is 13.9. The maximum absolute atomic E-state index is 9.25. The van der Waals surface area contributed by atoms with Crippen molar-refractivity contribution in [2.75, 3.05) is 0 Å². The first-order valence-corrected chi connectivity index (χ1v) is 9.64. The highest BCUT2D eigenvalue weighted by Gasteiger charge is 2.38. The van der Waals surface area contributed by atoms with Gasteiger partial charge < -0.3 is 9.53 Å². The first-order chi connectivity index (χ1) is 8.10. The predicted molar refractivity (Wildman–Crippen MR) is 82.3 cm³/mol. The van der Waals surface area contributed by atoms with Gasteiger partial charge in [0.1, 0.15) is 0 Å². The first kappa shape index (κ1) is 17.6. The predicted octanol–water partition coefficient (Wildman–Crippen LogP) is 4.28. The smallest absolute Gasteiger partial charge is 0.192 e. The highest BCUT2D eigenvalue weighted by atomic mass is 28.4. The molecule has 0 amide bonds. The fourth-order valence-electron chi connectivity index (χ4n) is 1.31. The van der Waals surface area contributed by atoms with Crippen LogP contribution in [0.2, 0.25) is 18.1 Å². The van der Waals surface area contributed by atoms with Gasteiger partial charge in [-0.25, -0.2) is 0 Å². The lowest BCUT2D eigenvalue weighted by Gasteiger charge is -2.38. The van der Waals surface area contributed by atoms with Gasteiger partial charge >= 0.3 is 0 Å². The fourth-order valence-corrected chi connectivity index (χ4v) is 2.60. The highest BCUT2D eigenvalue weighted by molar-refractivity contribution is 6.74. The van der Waals surface area contributed by atoms with E-state index in [-0.39, 0.29) is 17.2 Å². The fraction of sp³-hybridized carbons (Fsp3) is 0.733. The van der Waals surface area contributed by atoms with E-state index in [1.165, 1.54) is 0 Å². The first-order valence-electron chi connectivity index (χ1n) is 6.73. The van der Waals surface area contributed by atoms with E-state index in [9.17, 15) is 5.11 Å². The monoisotopic (exact) mass is 270 g/mol. The molecule has 0 fully saturated rings. The van der Waals surface area contributed by atoms with Crippen molar-refractivity contribution in [2.24, 2.45) is 0 Å². The molecule has 0 aliphatic carbocycles. The van der Waals surface area contributed by atoms with Crippen LogP contribution in [0, 0.1) is 0 Å². The molecule has 0 bridgehead atoms. The minimum Gasteiger partial charge on any atom is -0.410 e. The minimum absolute atomic E-state index is 0.0853. The Hall–Kier alpha value is -0.383. The summed E-state index contributed by atoms with van der Waals surface area (Å²) in [6, 6.07) is 0. The SMILES string of the molecule is C=CCC(/C=C/C[C@@H](C)O)O[Si](C)(C)C(C)(C)C. The maximum Gasteiger partial charge on any atom is 0.192 e. The summed E-state index contributed by atoms with van der Waals surface area (Å²) in [5.74, 6) is 0. The Kier molecular flexibility index (Phi) is 7.11. The lowest BCUT2D eigenvalue weighted by Crippen LogP contribution is -2.43. The zero-order chi connectivity index (χ0) is 14.4. The highest BCUT2D eigenvalue weighted by Crippen LogP contribution is 2.37. The topological polar surface area (TPSA) is 29.5 Å². The van der Waals surface area contributed by atoms with Gasteiger partial charge in [-0.2, -0.15) is 0 Å². The summed E-state index contributed by atoms with van der Waals surface area (Å²) < 4.78 is 6.32. The molecule has 106 valence electrons. The van der Waals surface area contributed by atoms with Crippen molar-refractivity contribution in [3.05, 3.63) is 24.8 Å². The van der Waals surface area contributed by atoms with Gasteiger partial charge in [0.2, 0.25) is 0 Å². The normalized spacial score (nSPS) is 16.8. The van der Waals surface area contributed by atoms with Gasteiger partial charge in [0.25, 0.3) is 0 Å². The molecule has 0 aromatic rings. The molecule has 0 rings (SSSR count). The molecule has 2 atom stereocenters. The van der Waals surface area contributed by atoms with E-state index in [2.05, 4.69) is 46.5 Å². The molecule has 0 aromatic carbocycles. The molecule has 0 radical (unpaired) electrons. The summed E-state index contributed by atoms with van der Waals surface area (Å²) in [6.45, 7) is 16.8. The molecule has 18 heavy (non-hydrogen) atoms. The Balaban J connectivity index is 4.62. The number of rotatable bonds is 7. The van der Waals surface area contributed by atoms with Gasteiger partial charge in [0, 0.05) is 0 Å². The van der Waals surface area contributed by atoms with Crippen molar-refractivity contribution < 1.29 is 9.53 Å². The van der Waals surface area contributed by atoms with Crippen molar-refractivity contribution in [3.8, 4) is 0 Å². The molecule has 3 heteroatoms. The Morgan fingerprint density at radius 2 is 1.83 bits per heavy atom. The van der Waals surface area contributed by atoms with E-state index in [4.69, 9.17) is 4.43 Å². The Morgan fingerprint density at radius 1 is 1.28 bits per heavy atom. The summed E-state index contributed by atoms with van der Waals surface area (Å²) in [6.07, 6.45) is 7.25. The lowest BCUT2D eigenvalue weighted by atomic mass is 10.2. The number of aliphatic hydroxyl groups excluding tert-OH is 1. The van der Waals surface area contributed by atoms with E-state index in [1.54, 1.807) is 6.92 Å². The van der Waals surface area contributed by atoms with Gasteiger partial charge in [-0.15, -0.1) is 6.58 Å². The van der Waals surface area contributed by atoms with Crippen LogP contribution >= 0.6 is 0 Å². The molecular formula is C15H30O2Si. The molecule has 1 unspecified atom stereocenters. The third-order valence-corrected chi connectivity index (χ3v) is 7.98. The average Bonchev–Trinajstić information content (AvgIpc) is 2.14. The second-order valence-corrected chi connectivity index (χ2v) is 11.2. The Morgan fingerprint density at radius 3 is 2.22 bits per heavy atom. The van der Waals surface area contributed by atoms with E-state index < -0.39 is 8.32 Å². The lowest BCUT2D eigenvalue weighted by molar-refractivity contribution is 0.197. The third-order valence-electron chi connectivity index (χ3n) is 3.48. The van der Waals surface area contributed by atoms with Gasteiger partial charge in [-0.3, -0.25) is 0 Å². The van der Waals surface area contributed by atoms with Crippen LogP contribution in [0.25, 0.3) is 0 Å². The van der Waals surface area contributed by atoms with Crippen LogP contribution in [0.15, 0.2) is 24.8 Å². The zero-order valence-electron chi connectivity index (χ0n) is 12.9. The summed E-state index contributed by atoms with van der Waals surface area (Å²) in [7, 11) is -1.74. The molecule has 0 aliphatic rings. The van der Waals surface area contributed by atoms with Crippen molar-refractivity contribution >= 4 is 8.32 Å². The minimum atomic E-state index is -1.74. The molecule has 0 saturated carbocycles. The Bertz CT molecular complexity index is 275. The average molecular weight is 270 g/mol. The van der Waals surface area contributed by atoms with Gasteiger partial charge in [-0.1, -0.05) is 39.0 Å². The molecule has 2 nitrogen and oxygen atoms in total. The standard InChI is InChI=1S/C15H30O2Si/c1-8-10-14(12-9-11-13(2)16)17-18(6,7)15(3,4)5/h8-9,12-14,16H,1,10-11H2,2-7H3/b12-9+/t13-,14?/m1/s1. The summed E-state index contributed by atoms with van der Waals surface area (Å²) in [4.78, 5) is 0. The van der Waals surface area contributed by atoms with Crippen LogP contribution in [-0.4, -0.2) is 25.6 Å². The molecule has 0 saturated heterocycles. The van der Waals surface area contributed by atoms with Crippen molar-refractivity contribution in [3.63, 3.8) is 0 Å². The van der Waals surface area contributed by atoms with Crippen LogP contribution < -0.4 is 0 Å². The Labute approximate surface area is 114 Å². The van der Waals surface area contributed by atoms with Crippen LogP contribution in [-0.2, 0) is 4.43 Å². The quantitative estimate of drug-likeness (QED) is 0.552.